The van der Waals surface area contributed by atoms with E-state index in [1.165, 1.54) is 58.0 Å². The Morgan fingerprint density at radius 1 is 1.22 bits per heavy atom. The van der Waals surface area contributed by atoms with E-state index in [0.29, 0.717) is 0 Å². The number of likely N-dealkylation sites (tertiary alicyclic amines) is 1. The van der Waals surface area contributed by atoms with Gasteiger partial charge in [-0.05, 0) is 82.7 Å². The Kier molecular flexibility index (Phi) is 14.5. The van der Waals surface area contributed by atoms with Crippen molar-refractivity contribution in [2.24, 2.45) is 5.92 Å². The van der Waals surface area contributed by atoms with E-state index in [9.17, 15) is 0 Å². The minimum Gasteiger partial charge on any atom is -0.497 e. The van der Waals surface area contributed by atoms with E-state index in [1.54, 1.807) is 13.2 Å². The first-order valence-electron chi connectivity index (χ1n) is 12.5. The molecule has 1 aliphatic rings. The number of nitrogens with one attached hydrogen (secondary N) is 1. The summed E-state index contributed by atoms with van der Waals surface area (Å²) in [5, 5.41) is 3.54. The quantitative estimate of drug-likeness (QED) is 0.263. The molecular weight excluding hydrogens is 392 g/mol. The highest BCUT2D eigenvalue weighted by molar-refractivity contribution is 5.67. The number of benzene rings is 1. The SMILES string of the molecule is C=C(C)c1cc(NCCCCCCN2CCC(C)CC2CC)cc(OC)c1.C=C/C=C\C. The van der Waals surface area contributed by atoms with Crippen LogP contribution in [0.1, 0.15) is 78.2 Å². The summed E-state index contributed by atoms with van der Waals surface area (Å²) in [6.07, 6.45) is 14.8. The Morgan fingerprint density at radius 2 is 1.97 bits per heavy atom. The predicted octanol–water partition coefficient (Wildman–Crippen LogP) is 7.96. The van der Waals surface area contributed by atoms with Gasteiger partial charge in [-0.3, -0.25) is 0 Å². The van der Waals surface area contributed by atoms with Crippen LogP contribution >= 0.6 is 0 Å². The highest BCUT2D eigenvalue weighted by Crippen LogP contribution is 2.26. The van der Waals surface area contributed by atoms with E-state index in [-0.39, 0.29) is 0 Å². The molecule has 3 heteroatoms. The third-order valence-electron chi connectivity index (χ3n) is 6.24. The fraction of sp³-hybridized carbons (Fsp3) is 0.586. The highest BCUT2D eigenvalue weighted by Gasteiger charge is 2.24. The molecule has 180 valence electrons. The molecule has 1 aromatic rings. The average molecular weight is 441 g/mol. The summed E-state index contributed by atoms with van der Waals surface area (Å²) in [5.41, 5.74) is 3.33. The van der Waals surface area contributed by atoms with Crippen LogP contribution in [-0.2, 0) is 0 Å². The molecule has 0 bridgehead atoms. The van der Waals surface area contributed by atoms with Crippen molar-refractivity contribution in [3.8, 4) is 5.75 Å². The molecule has 1 fully saturated rings. The number of hydrogen-bond acceptors (Lipinski definition) is 3. The summed E-state index contributed by atoms with van der Waals surface area (Å²) >= 11 is 0. The second-order valence-electron chi connectivity index (χ2n) is 9.06. The number of nitrogens with zero attached hydrogens (tertiary/aromatic N) is 1. The van der Waals surface area contributed by atoms with Gasteiger partial charge in [-0.2, -0.15) is 0 Å². The third-order valence-corrected chi connectivity index (χ3v) is 6.24. The van der Waals surface area contributed by atoms with Gasteiger partial charge in [-0.1, -0.05) is 63.6 Å². The van der Waals surface area contributed by atoms with Crippen molar-refractivity contribution in [2.75, 3.05) is 32.1 Å². The first-order chi connectivity index (χ1) is 15.4. The van der Waals surface area contributed by atoms with Crippen LogP contribution in [0.25, 0.3) is 5.57 Å². The average Bonchev–Trinajstić information content (AvgIpc) is 2.79. The van der Waals surface area contributed by atoms with Crippen molar-refractivity contribution in [2.45, 2.75) is 78.7 Å². The fourth-order valence-corrected chi connectivity index (χ4v) is 4.25. The van der Waals surface area contributed by atoms with Gasteiger partial charge in [0.15, 0.2) is 0 Å². The van der Waals surface area contributed by atoms with E-state index >= 15 is 0 Å². The Labute approximate surface area is 198 Å². The standard InChI is InChI=1S/C24H40N2O.C5H8/c1-6-23-15-20(4)11-14-26(23)13-10-8-7-9-12-25-22-16-21(19(2)3)17-24(18-22)27-5;1-3-5-4-2/h16-18,20,23,25H,2,6-15H2,1,3-5H3;3-5H,1H2,2H3/b;5-4-. The lowest BCUT2D eigenvalue weighted by molar-refractivity contribution is 0.112. The van der Waals surface area contributed by atoms with Gasteiger partial charge >= 0.3 is 0 Å². The van der Waals surface area contributed by atoms with E-state index < -0.39 is 0 Å². The van der Waals surface area contributed by atoms with E-state index in [2.05, 4.69) is 49.4 Å². The summed E-state index contributed by atoms with van der Waals surface area (Å²) in [5.74, 6) is 1.80. The van der Waals surface area contributed by atoms with Gasteiger partial charge in [0, 0.05) is 24.3 Å². The lowest BCUT2D eigenvalue weighted by Crippen LogP contribution is -2.42. The monoisotopic (exact) mass is 440 g/mol. The zero-order valence-corrected chi connectivity index (χ0v) is 21.5. The minimum atomic E-state index is 0.825. The fourth-order valence-electron chi connectivity index (χ4n) is 4.25. The number of methoxy groups -OCH3 is 1. The van der Waals surface area contributed by atoms with Crippen LogP contribution in [-0.4, -0.2) is 37.7 Å². The molecular formula is C29H48N2O. The molecule has 0 saturated carbocycles. The third kappa shape index (κ3) is 11.0. The molecule has 2 atom stereocenters. The molecule has 2 rings (SSSR count). The molecule has 32 heavy (non-hydrogen) atoms. The minimum absolute atomic E-state index is 0.825. The number of allylic oxidation sites excluding steroid dienone is 4. The van der Waals surface area contributed by atoms with Crippen LogP contribution in [0.15, 0.2) is 49.6 Å². The van der Waals surface area contributed by atoms with Crippen LogP contribution in [0.5, 0.6) is 5.75 Å². The Balaban J connectivity index is 0.000000920. The van der Waals surface area contributed by atoms with Crippen LogP contribution < -0.4 is 10.1 Å². The molecule has 0 spiro atoms. The van der Waals surface area contributed by atoms with Crippen molar-refractivity contribution in [3.63, 3.8) is 0 Å². The zero-order valence-electron chi connectivity index (χ0n) is 21.5. The summed E-state index contributed by atoms with van der Waals surface area (Å²) in [6.45, 7) is 19.9. The molecule has 1 aliphatic heterocycles. The summed E-state index contributed by atoms with van der Waals surface area (Å²) in [6, 6.07) is 7.09. The van der Waals surface area contributed by atoms with Crippen molar-refractivity contribution in [1.82, 2.24) is 4.90 Å². The number of anilines is 1. The highest BCUT2D eigenvalue weighted by atomic mass is 16.5. The van der Waals surface area contributed by atoms with Crippen molar-refractivity contribution in [3.05, 3.63) is 55.1 Å². The molecule has 1 aromatic carbocycles. The lowest BCUT2D eigenvalue weighted by Gasteiger charge is -2.38. The van der Waals surface area contributed by atoms with E-state index in [0.717, 1.165) is 41.1 Å². The maximum absolute atomic E-state index is 5.40. The molecule has 3 nitrogen and oxygen atoms in total. The second-order valence-corrected chi connectivity index (χ2v) is 9.06. The first-order valence-corrected chi connectivity index (χ1v) is 12.5. The molecule has 1 N–H and O–H groups in total. The first kappa shape index (κ1) is 28.0. The number of rotatable bonds is 12. The van der Waals surface area contributed by atoms with Crippen LogP contribution in [0.2, 0.25) is 0 Å². The van der Waals surface area contributed by atoms with Gasteiger partial charge in [0.1, 0.15) is 5.75 Å². The van der Waals surface area contributed by atoms with Crippen molar-refractivity contribution >= 4 is 11.3 Å². The van der Waals surface area contributed by atoms with Crippen molar-refractivity contribution in [1.29, 1.82) is 0 Å². The smallest absolute Gasteiger partial charge is 0.121 e. The second kappa shape index (κ2) is 16.6. The molecule has 1 heterocycles. The normalized spacial score (nSPS) is 18.7. The predicted molar refractivity (Wildman–Crippen MR) is 144 cm³/mol. The van der Waals surface area contributed by atoms with E-state index in [1.807, 2.05) is 32.1 Å². The number of hydrogen-bond donors (Lipinski definition) is 1. The number of ether oxygens (including phenoxy) is 1. The molecule has 0 aromatic heterocycles. The number of piperidine rings is 1. The summed E-state index contributed by atoms with van der Waals surface area (Å²) in [7, 11) is 1.72. The lowest BCUT2D eigenvalue weighted by atomic mass is 9.91. The van der Waals surface area contributed by atoms with Crippen LogP contribution in [0.4, 0.5) is 5.69 Å². The van der Waals surface area contributed by atoms with E-state index in [4.69, 9.17) is 4.74 Å². The van der Waals surface area contributed by atoms with Gasteiger partial charge < -0.3 is 15.0 Å². The maximum Gasteiger partial charge on any atom is 0.121 e. The van der Waals surface area contributed by atoms with Gasteiger partial charge in [-0.15, -0.1) is 0 Å². The van der Waals surface area contributed by atoms with Crippen LogP contribution in [0, 0.1) is 5.92 Å². The molecule has 0 amide bonds. The number of unbranched alkanes of at least 4 members (excludes halogenated alkanes) is 3. The maximum atomic E-state index is 5.40. The van der Waals surface area contributed by atoms with Crippen molar-refractivity contribution < 1.29 is 4.74 Å². The summed E-state index contributed by atoms with van der Waals surface area (Å²) in [4.78, 5) is 2.74. The van der Waals surface area contributed by atoms with Gasteiger partial charge in [0.25, 0.3) is 0 Å². The molecule has 2 unspecified atom stereocenters. The zero-order chi connectivity index (χ0) is 23.8. The van der Waals surface area contributed by atoms with Crippen LogP contribution in [0.3, 0.4) is 0 Å². The molecule has 0 aliphatic carbocycles. The summed E-state index contributed by atoms with van der Waals surface area (Å²) < 4.78 is 5.40. The Bertz CT molecular complexity index is 694. The van der Waals surface area contributed by atoms with Gasteiger partial charge in [0.05, 0.1) is 7.11 Å². The molecule has 1 saturated heterocycles. The van der Waals surface area contributed by atoms with Gasteiger partial charge in [0.2, 0.25) is 0 Å². The Morgan fingerprint density at radius 3 is 2.56 bits per heavy atom. The van der Waals surface area contributed by atoms with Gasteiger partial charge in [-0.25, -0.2) is 0 Å². The topological polar surface area (TPSA) is 24.5 Å². The Hall–Kier alpha value is -2.00. The largest absolute Gasteiger partial charge is 0.497 e. The molecule has 0 radical (unpaired) electrons.